The number of hydrogen-bond acceptors (Lipinski definition) is 3. The molecule has 112 valence electrons. The second-order valence-corrected chi connectivity index (χ2v) is 6.13. The van der Waals surface area contributed by atoms with Crippen molar-refractivity contribution < 1.29 is 9.53 Å². The van der Waals surface area contributed by atoms with Crippen LogP contribution in [0.15, 0.2) is 34.8 Å². The van der Waals surface area contributed by atoms with E-state index in [0.717, 1.165) is 22.3 Å². The molecule has 0 unspecified atom stereocenters. The smallest absolute Gasteiger partial charge is 0.358 e. The standard InChI is InChI=1S/C16H19BrN2O2/c1-4-21-16(20)14-9-15(19(18-14)10-11(2)3)12-5-7-13(17)8-6-12/h5-9,11H,4,10H2,1-3H3. The minimum Gasteiger partial charge on any atom is -0.461 e. The number of carbonyl (C=O) groups excluding carboxylic acids is 1. The van der Waals surface area contributed by atoms with Crippen LogP contribution in [0.5, 0.6) is 0 Å². The molecule has 0 spiro atoms. The normalized spacial score (nSPS) is 10.9. The van der Waals surface area contributed by atoms with Crippen molar-refractivity contribution in [3.8, 4) is 11.3 Å². The van der Waals surface area contributed by atoms with E-state index in [0.29, 0.717) is 18.2 Å². The summed E-state index contributed by atoms with van der Waals surface area (Å²) >= 11 is 3.43. The first-order chi connectivity index (χ1) is 10.0. The van der Waals surface area contributed by atoms with Crippen LogP contribution in [0.4, 0.5) is 0 Å². The summed E-state index contributed by atoms with van der Waals surface area (Å²) < 4.78 is 7.93. The summed E-state index contributed by atoms with van der Waals surface area (Å²) in [5.74, 6) is 0.0625. The molecule has 0 bridgehead atoms. The highest BCUT2D eigenvalue weighted by Crippen LogP contribution is 2.24. The third-order valence-corrected chi connectivity index (χ3v) is 3.47. The number of carbonyl (C=O) groups is 1. The first-order valence-corrected chi connectivity index (χ1v) is 7.81. The lowest BCUT2D eigenvalue weighted by molar-refractivity contribution is 0.0518. The first-order valence-electron chi connectivity index (χ1n) is 7.02. The van der Waals surface area contributed by atoms with Crippen LogP contribution in [0.2, 0.25) is 0 Å². The van der Waals surface area contributed by atoms with Crippen LogP contribution in [-0.2, 0) is 11.3 Å². The Morgan fingerprint density at radius 2 is 2.00 bits per heavy atom. The molecule has 0 N–H and O–H groups in total. The Morgan fingerprint density at radius 1 is 1.33 bits per heavy atom. The maximum atomic E-state index is 11.9. The molecule has 21 heavy (non-hydrogen) atoms. The molecule has 2 rings (SSSR count). The molecule has 0 aliphatic heterocycles. The van der Waals surface area contributed by atoms with E-state index >= 15 is 0 Å². The van der Waals surface area contributed by atoms with Gasteiger partial charge in [0.2, 0.25) is 0 Å². The zero-order chi connectivity index (χ0) is 15.4. The van der Waals surface area contributed by atoms with E-state index in [2.05, 4.69) is 34.9 Å². The van der Waals surface area contributed by atoms with Crippen LogP contribution in [0, 0.1) is 5.92 Å². The number of esters is 1. The topological polar surface area (TPSA) is 44.1 Å². The molecule has 1 aromatic heterocycles. The molecule has 0 aliphatic rings. The quantitative estimate of drug-likeness (QED) is 0.761. The summed E-state index contributed by atoms with van der Waals surface area (Å²) in [4.78, 5) is 11.9. The van der Waals surface area contributed by atoms with Gasteiger partial charge in [-0.1, -0.05) is 41.9 Å². The molecule has 1 aromatic carbocycles. The molecule has 0 radical (unpaired) electrons. The monoisotopic (exact) mass is 350 g/mol. The third kappa shape index (κ3) is 3.94. The van der Waals surface area contributed by atoms with Crippen molar-refractivity contribution in [3.63, 3.8) is 0 Å². The molecule has 4 nitrogen and oxygen atoms in total. The zero-order valence-corrected chi connectivity index (χ0v) is 14.1. The molecule has 0 atom stereocenters. The van der Waals surface area contributed by atoms with Crippen LogP contribution in [-0.4, -0.2) is 22.4 Å². The molecule has 0 aliphatic carbocycles. The third-order valence-electron chi connectivity index (χ3n) is 2.94. The molecule has 5 heteroatoms. The van der Waals surface area contributed by atoms with E-state index in [9.17, 15) is 4.79 Å². The number of nitrogens with zero attached hydrogens (tertiary/aromatic N) is 2. The van der Waals surface area contributed by atoms with Gasteiger partial charge in [0, 0.05) is 11.0 Å². The van der Waals surface area contributed by atoms with Crippen molar-refractivity contribution >= 4 is 21.9 Å². The molecule has 1 heterocycles. The number of hydrogen-bond donors (Lipinski definition) is 0. The minimum atomic E-state index is -0.377. The van der Waals surface area contributed by atoms with E-state index in [1.807, 2.05) is 28.9 Å². The van der Waals surface area contributed by atoms with Crippen LogP contribution < -0.4 is 0 Å². The van der Waals surface area contributed by atoms with Gasteiger partial charge in [-0.05, 0) is 36.6 Å². The lowest BCUT2D eigenvalue weighted by Crippen LogP contribution is -2.10. The average molecular weight is 351 g/mol. The van der Waals surface area contributed by atoms with Gasteiger partial charge in [-0.25, -0.2) is 4.79 Å². The average Bonchev–Trinajstić information content (AvgIpc) is 2.83. The van der Waals surface area contributed by atoms with Crippen molar-refractivity contribution in [3.05, 3.63) is 40.5 Å². The molecule has 0 fully saturated rings. The SMILES string of the molecule is CCOC(=O)c1cc(-c2ccc(Br)cc2)n(CC(C)C)n1. The number of ether oxygens (including phenoxy) is 1. The second kappa shape index (κ2) is 6.89. The van der Waals surface area contributed by atoms with Gasteiger partial charge in [0.1, 0.15) is 0 Å². The maximum Gasteiger partial charge on any atom is 0.358 e. The Kier molecular flexibility index (Phi) is 5.17. The van der Waals surface area contributed by atoms with E-state index < -0.39 is 0 Å². The van der Waals surface area contributed by atoms with Gasteiger partial charge in [0.25, 0.3) is 0 Å². The van der Waals surface area contributed by atoms with Gasteiger partial charge < -0.3 is 4.74 Å². The Bertz CT molecular complexity index is 618. The molecule has 0 amide bonds. The van der Waals surface area contributed by atoms with Gasteiger partial charge in [0.05, 0.1) is 12.3 Å². The Labute approximate surface area is 133 Å². The van der Waals surface area contributed by atoms with E-state index in [-0.39, 0.29) is 5.97 Å². The summed E-state index contributed by atoms with van der Waals surface area (Å²) in [5.41, 5.74) is 2.32. The van der Waals surface area contributed by atoms with Crippen molar-refractivity contribution in [1.29, 1.82) is 0 Å². The van der Waals surface area contributed by atoms with E-state index in [1.54, 1.807) is 13.0 Å². The fraction of sp³-hybridized carbons (Fsp3) is 0.375. The predicted octanol–water partition coefficient (Wildman–Crippen LogP) is 4.15. The summed E-state index contributed by atoms with van der Waals surface area (Å²) in [6, 6.07) is 9.77. The molecular formula is C16H19BrN2O2. The van der Waals surface area contributed by atoms with Gasteiger partial charge in [-0.15, -0.1) is 0 Å². The summed E-state index contributed by atoms with van der Waals surface area (Å²) in [5, 5.41) is 4.40. The lowest BCUT2D eigenvalue weighted by Gasteiger charge is -2.09. The van der Waals surface area contributed by atoms with Crippen LogP contribution >= 0.6 is 15.9 Å². The molecule has 2 aromatic rings. The molecule has 0 saturated heterocycles. The second-order valence-electron chi connectivity index (χ2n) is 5.22. The molecular weight excluding hydrogens is 332 g/mol. The van der Waals surface area contributed by atoms with Crippen molar-refractivity contribution in [2.75, 3.05) is 6.61 Å². The lowest BCUT2D eigenvalue weighted by atomic mass is 10.1. The van der Waals surface area contributed by atoms with Gasteiger partial charge in [0.15, 0.2) is 5.69 Å². The Morgan fingerprint density at radius 3 is 2.57 bits per heavy atom. The van der Waals surface area contributed by atoms with Crippen LogP contribution in [0.3, 0.4) is 0 Å². The van der Waals surface area contributed by atoms with Crippen LogP contribution in [0.1, 0.15) is 31.3 Å². The van der Waals surface area contributed by atoms with Gasteiger partial charge >= 0.3 is 5.97 Å². The molecule has 0 saturated carbocycles. The largest absolute Gasteiger partial charge is 0.461 e. The summed E-state index contributed by atoms with van der Waals surface area (Å²) in [7, 11) is 0. The Hall–Kier alpha value is -1.62. The summed E-state index contributed by atoms with van der Waals surface area (Å²) in [6.07, 6.45) is 0. The number of benzene rings is 1. The highest BCUT2D eigenvalue weighted by molar-refractivity contribution is 9.10. The van der Waals surface area contributed by atoms with E-state index in [1.165, 1.54) is 0 Å². The number of rotatable bonds is 5. The van der Waals surface area contributed by atoms with Gasteiger partial charge in [-0.3, -0.25) is 4.68 Å². The van der Waals surface area contributed by atoms with Gasteiger partial charge in [-0.2, -0.15) is 5.10 Å². The zero-order valence-electron chi connectivity index (χ0n) is 12.5. The van der Waals surface area contributed by atoms with Crippen molar-refractivity contribution in [1.82, 2.24) is 9.78 Å². The maximum absolute atomic E-state index is 11.9. The summed E-state index contributed by atoms with van der Waals surface area (Å²) in [6.45, 7) is 7.14. The first kappa shape index (κ1) is 15.8. The van der Waals surface area contributed by atoms with E-state index in [4.69, 9.17) is 4.74 Å². The van der Waals surface area contributed by atoms with Crippen LogP contribution in [0.25, 0.3) is 11.3 Å². The number of aromatic nitrogens is 2. The Balaban J connectivity index is 2.41. The van der Waals surface area contributed by atoms with Crippen molar-refractivity contribution in [2.24, 2.45) is 5.92 Å². The van der Waals surface area contributed by atoms with Crippen molar-refractivity contribution in [2.45, 2.75) is 27.3 Å². The fourth-order valence-electron chi connectivity index (χ4n) is 2.06. The fourth-order valence-corrected chi connectivity index (χ4v) is 2.32. The predicted molar refractivity (Wildman–Crippen MR) is 86.2 cm³/mol. The highest BCUT2D eigenvalue weighted by atomic mass is 79.9. The highest BCUT2D eigenvalue weighted by Gasteiger charge is 2.17. The minimum absolute atomic E-state index is 0.351. The number of halogens is 1.